The molecular weight excluding hydrogens is 502 g/mol. The molecule has 0 saturated carbocycles. The zero-order valence-corrected chi connectivity index (χ0v) is 22.0. The number of ether oxygens (including phenoxy) is 1. The zero-order chi connectivity index (χ0) is 26.7. The molecule has 0 unspecified atom stereocenters. The van der Waals surface area contributed by atoms with Gasteiger partial charge in [0.25, 0.3) is 11.8 Å². The Bertz CT molecular complexity index is 1340. The van der Waals surface area contributed by atoms with E-state index in [1.165, 1.54) is 0 Å². The van der Waals surface area contributed by atoms with Crippen LogP contribution in [0.3, 0.4) is 0 Å². The Morgan fingerprint density at radius 3 is 2.37 bits per heavy atom. The van der Waals surface area contributed by atoms with Crippen molar-refractivity contribution in [2.75, 3.05) is 19.7 Å². The average molecular weight is 532 g/mol. The molecule has 3 amide bonds. The maximum absolute atomic E-state index is 14.0. The average Bonchev–Trinajstić information content (AvgIpc) is 3.30. The molecular formula is C30H30ClN3O4. The van der Waals surface area contributed by atoms with Crippen LogP contribution in [0, 0.1) is 6.92 Å². The summed E-state index contributed by atoms with van der Waals surface area (Å²) >= 11 is 6.09. The van der Waals surface area contributed by atoms with E-state index in [9.17, 15) is 14.4 Å². The molecule has 7 nitrogen and oxygen atoms in total. The van der Waals surface area contributed by atoms with E-state index >= 15 is 0 Å². The number of nitrogens with zero attached hydrogens (tertiary/aromatic N) is 2. The highest BCUT2D eigenvalue weighted by Crippen LogP contribution is 2.39. The summed E-state index contributed by atoms with van der Waals surface area (Å²) in [5, 5.41) is 3.48. The molecule has 38 heavy (non-hydrogen) atoms. The number of nitrogens with one attached hydrogen (secondary N) is 1. The van der Waals surface area contributed by atoms with E-state index in [0.717, 1.165) is 11.1 Å². The molecule has 3 aromatic carbocycles. The second-order valence-electron chi connectivity index (χ2n) is 9.77. The van der Waals surface area contributed by atoms with Gasteiger partial charge >= 0.3 is 0 Å². The van der Waals surface area contributed by atoms with Gasteiger partial charge in [0.1, 0.15) is 11.8 Å². The first-order valence-electron chi connectivity index (χ1n) is 12.8. The molecule has 2 saturated heterocycles. The standard InChI is InChI=1S/C30H30ClN3O4/c1-21-8-5-6-13-25(21)29(37)34-26(27(35)32-19-22-9-3-2-4-10-22)20-38-30(34)14-16-33(17-15-30)28(36)23-11-7-12-24(31)18-23/h2-13,18,26H,14-17,19-20H2,1H3,(H,32,35)/t26-/m1/s1. The number of amides is 3. The van der Waals surface area contributed by atoms with Gasteiger partial charge in [-0.05, 0) is 42.3 Å². The Labute approximate surface area is 227 Å². The van der Waals surface area contributed by atoms with Gasteiger partial charge < -0.3 is 15.0 Å². The van der Waals surface area contributed by atoms with E-state index in [0.29, 0.717) is 48.6 Å². The van der Waals surface area contributed by atoms with E-state index in [-0.39, 0.29) is 24.3 Å². The minimum Gasteiger partial charge on any atom is -0.353 e. The van der Waals surface area contributed by atoms with Crippen molar-refractivity contribution in [2.24, 2.45) is 0 Å². The van der Waals surface area contributed by atoms with Crippen LogP contribution in [0.4, 0.5) is 0 Å². The third-order valence-electron chi connectivity index (χ3n) is 7.37. The van der Waals surface area contributed by atoms with Crippen molar-refractivity contribution >= 4 is 29.3 Å². The Morgan fingerprint density at radius 2 is 1.66 bits per heavy atom. The largest absolute Gasteiger partial charge is 0.353 e. The minimum absolute atomic E-state index is 0.0977. The van der Waals surface area contributed by atoms with Gasteiger partial charge in [-0.25, -0.2) is 0 Å². The van der Waals surface area contributed by atoms with Gasteiger partial charge in [0, 0.05) is 48.6 Å². The second-order valence-corrected chi connectivity index (χ2v) is 10.2. The van der Waals surface area contributed by atoms with Gasteiger partial charge in [-0.1, -0.05) is 66.2 Å². The molecule has 0 aromatic heterocycles. The molecule has 2 heterocycles. The molecule has 1 spiro atoms. The normalized spacial score (nSPS) is 18.4. The monoisotopic (exact) mass is 531 g/mol. The molecule has 8 heteroatoms. The van der Waals surface area contributed by atoms with Crippen molar-refractivity contribution < 1.29 is 19.1 Å². The molecule has 2 aliphatic heterocycles. The minimum atomic E-state index is -0.973. The summed E-state index contributed by atoms with van der Waals surface area (Å²) in [5.74, 6) is -0.616. The van der Waals surface area contributed by atoms with Crippen molar-refractivity contribution in [3.05, 3.63) is 106 Å². The van der Waals surface area contributed by atoms with E-state index in [4.69, 9.17) is 16.3 Å². The summed E-state index contributed by atoms with van der Waals surface area (Å²) in [7, 11) is 0. The molecule has 1 N–H and O–H groups in total. The third-order valence-corrected chi connectivity index (χ3v) is 7.61. The van der Waals surface area contributed by atoms with Crippen LogP contribution < -0.4 is 5.32 Å². The fourth-order valence-electron chi connectivity index (χ4n) is 5.28. The maximum atomic E-state index is 14.0. The predicted molar refractivity (Wildman–Crippen MR) is 145 cm³/mol. The number of piperidine rings is 1. The molecule has 0 bridgehead atoms. The van der Waals surface area contributed by atoms with Crippen LogP contribution >= 0.6 is 11.6 Å². The number of hydrogen-bond acceptors (Lipinski definition) is 4. The van der Waals surface area contributed by atoms with E-state index in [1.807, 2.05) is 55.5 Å². The predicted octanol–water partition coefficient (Wildman–Crippen LogP) is 4.44. The lowest BCUT2D eigenvalue weighted by Gasteiger charge is -2.44. The van der Waals surface area contributed by atoms with Crippen LogP contribution in [0.15, 0.2) is 78.9 Å². The molecule has 2 aliphatic rings. The zero-order valence-electron chi connectivity index (χ0n) is 21.2. The Balaban J connectivity index is 1.37. The summed E-state index contributed by atoms with van der Waals surface area (Å²) < 4.78 is 6.30. The molecule has 196 valence electrons. The lowest BCUT2D eigenvalue weighted by molar-refractivity contribution is -0.128. The maximum Gasteiger partial charge on any atom is 0.257 e. The summed E-state index contributed by atoms with van der Waals surface area (Å²) in [6.45, 7) is 3.12. The highest BCUT2D eigenvalue weighted by atomic mass is 35.5. The SMILES string of the molecule is Cc1ccccc1C(=O)N1[C@@H](C(=O)NCc2ccccc2)COC12CCN(C(=O)c1cccc(Cl)c1)CC2. The first kappa shape index (κ1) is 25.9. The summed E-state index contributed by atoms with van der Waals surface area (Å²) in [6.07, 6.45) is 0.804. The van der Waals surface area contributed by atoms with Crippen molar-refractivity contribution in [3.63, 3.8) is 0 Å². The summed E-state index contributed by atoms with van der Waals surface area (Å²) in [5.41, 5.74) is 1.89. The molecule has 1 atom stereocenters. The lowest BCUT2D eigenvalue weighted by Crippen LogP contribution is -2.59. The van der Waals surface area contributed by atoms with Gasteiger partial charge in [-0.15, -0.1) is 0 Å². The number of halogens is 1. The van der Waals surface area contributed by atoms with Crippen LogP contribution in [0.1, 0.15) is 44.7 Å². The Hall–Kier alpha value is -3.68. The van der Waals surface area contributed by atoms with Crippen molar-refractivity contribution in [1.29, 1.82) is 0 Å². The smallest absolute Gasteiger partial charge is 0.257 e. The summed E-state index contributed by atoms with van der Waals surface area (Å²) in [4.78, 5) is 43.9. The van der Waals surface area contributed by atoms with Crippen molar-refractivity contribution in [3.8, 4) is 0 Å². The third kappa shape index (κ3) is 5.17. The number of carbonyl (C=O) groups is 3. The fraction of sp³-hybridized carbons (Fsp3) is 0.300. The quantitative estimate of drug-likeness (QED) is 0.528. The van der Waals surface area contributed by atoms with Crippen LogP contribution in [0.5, 0.6) is 0 Å². The number of benzene rings is 3. The van der Waals surface area contributed by atoms with Crippen molar-refractivity contribution in [2.45, 2.75) is 38.1 Å². The van der Waals surface area contributed by atoms with Crippen molar-refractivity contribution in [1.82, 2.24) is 15.1 Å². The Morgan fingerprint density at radius 1 is 0.947 bits per heavy atom. The topological polar surface area (TPSA) is 79.0 Å². The number of likely N-dealkylation sites (tertiary alicyclic amines) is 1. The van der Waals surface area contributed by atoms with Crippen LogP contribution in [-0.2, 0) is 16.1 Å². The molecule has 0 aliphatic carbocycles. The lowest BCUT2D eigenvalue weighted by atomic mass is 9.95. The van der Waals surface area contributed by atoms with Crippen LogP contribution in [-0.4, -0.2) is 59.0 Å². The molecule has 3 aromatic rings. The van der Waals surface area contributed by atoms with Gasteiger partial charge in [0.05, 0.1) is 6.61 Å². The van der Waals surface area contributed by atoms with Gasteiger partial charge in [0.2, 0.25) is 5.91 Å². The number of aryl methyl sites for hydroxylation is 1. The van der Waals surface area contributed by atoms with E-state index < -0.39 is 11.8 Å². The second kappa shape index (κ2) is 11.0. The van der Waals surface area contributed by atoms with Crippen LogP contribution in [0.2, 0.25) is 5.02 Å². The van der Waals surface area contributed by atoms with Gasteiger partial charge in [0.15, 0.2) is 0 Å². The number of hydrogen-bond donors (Lipinski definition) is 1. The van der Waals surface area contributed by atoms with Crippen LogP contribution in [0.25, 0.3) is 0 Å². The fourth-order valence-corrected chi connectivity index (χ4v) is 5.47. The summed E-state index contributed by atoms with van der Waals surface area (Å²) in [6, 6.07) is 23.1. The molecule has 2 fully saturated rings. The Kier molecular flexibility index (Phi) is 7.49. The van der Waals surface area contributed by atoms with E-state index in [1.54, 1.807) is 40.1 Å². The first-order chi connectivity index (χ1) is 18.4. The number of rotatable bonds is 5. The van der Waals surface area contributed by atoms with Gasteiger partial charge in [-0.2, -0.15) is 0 Å². The highest BCUT2D eigenvalue weighted by Gasteiger charge is 2.54. The first-order valence-corrected chi connectivity index (χ1v) is 13.2. The van der Waals surface area contributed by atoms with Gasteiger partial charge in [-0.3, -0.25) is 19.3 Å². The number of carbonyl (C=O) groups excluding carboxylic acids is 3. The molecule has 0 radical (unpaired) electrons. The molecule has 5 rings (SSSR count). The van der Waals surface area contributed by atoms with E-state index in [2.05, 4.69) is 5.32 Å². The highest BCUT2D eigenvalue weighted by molar-refractivity contribution is 6.30.